The van der Waals surface area contributed by atoms with Crippen LogP contribution in [0.15, 0.2) is 115 Å². The lowest BCUT2D eigenvalue weighted by Crippen LogP contribution is -2.57. The topological polar surface area (TPSA) is 49.2 Å². The summed E-state index contributed by atoms with van der Waals surface area (Å²) in [5.74, 6) is 4.30. The first-order valence-electron chi connectivity index (χ1n) is 15.9. The maximum absolute atomic E-state index is 6.71. The van der Waals surface area contributed by atoms with Crippen molar-refractivity contribution >= 4 is 66.5 Å². The van der Waals surface area contributed by atoms with Gasteiger partial charge in [0.1, 0.15) is 33.8 Å². The summed E-state index contributed by atoms with van der Waals surface area (Å²) in [4.78, 5) is 9.89. The number of hydrogen-bond acceptors (Lipinski definition) is 5. The fraction of sp³-hybridized carbons (Fsp3) is 0.100. The lowest BCUT2D eigenvalue weighted by atomic mass is 9.34. The van der Waals surface area contributed by atoms with Crippen molar-refractivity contribution in [2.24, 2.45) is 0 Å². The highest BCUT2D eigenvalue weighted by Gasteiger charge is 2.41. The monoisotopic (exact) mass is 625 g/mol. The van der Waals surface area contributed by atoms with Gasteiger partial charge in [-0.15, -0.1) is 11.3 Å². The zero-order valence-electron chi connectivity index (χ0n) is 26.1. The molecule has 10 rings (SSSR count). The minimum atomic E-state index is -0.0761. The molecule has 7 heteroatoms. The van der Waals surface area contributed by atoms with Gasteiger partial charge in [-0.3, -0.25) is 4.57 Å². The van der Waals surface area contributed by atoms with Crippen LogP contribution in [-0.2, 0) is 5.41 Å². The second-order valence-electron chi connectivity index (χ2n) is 13.5. The summed E-state index contributed by atoms with van der Waals surface area (Å²) < 4.78 is 16.8. The maximum Gasteiger partial charge on any atom is 0.260 e. The number of hydrogen-bond donors (Lipinski definition) is 0. The third kappa shape index (κ3) is 3.96. The van der Waals surface area contributed by atoms with E-state index in [-0.39, 0.29) is 12.1 Å². The molecule has 0 saturated heterocycles. The Morgan fingerprint density at radius 1 is 0.681 bits per heavy atom. The van der Waals surface area contributed by atoms with E-state index in [2.05, 4.69) is 116 Å². The molecule has 2 aliphatic heterocycles. The van der Waals surface area contributed by atoms with Gasteiger partial charge in [0, 0.05) is 28.0 Å². The van der Waals surface area contributed by atoms with Crippen LogP contribution in [0, 0.1) is 0 Å². The number of pyridine rings is 1. The van der Waals surface area contributed by atoms with Crippen molar-refractivity contribution in [2.75, 3.05) is 0 Å². The zero-order chi connectivity index (χ0) is 31.4. The number of nitrogens with zero attached hydrogens (tertiary/aromatic N) is 3. The molecular formula is C40H28BN3O2S. The van der Waals surface area contributed by atoms with Crippen LogP contribution in [0.25, 0.3) is 48.4 Å². The van der Waals surface area contributed by atoms with E-state index in [4.69, 9.17) is 19.4 Å². The molecule has 0 amide bonds. The molecular weight excluding hydrogens is 597 g/mol. The molecule has 0 atom stereocenters. The number of ether oxygens (including phenoxy) is 2. The molecule has 224 valence electrons. The van der Waals surface area contributed by atoms with E-state index in [1.165, 1.54) is 15.6 Å². The minimum Gasteiger partial charge on any atom is -0.458 e. The average molecular weight is 626 g/mol. The highest BCUT2D eigenvalue weighted by molar-refractivity contribution is 7.21. The Labute approximate surface area is 276 Å². The second-order valence-corrected chi connectivity index (χ2v) is 14.5. The molecule has 0 aliphatic carbocycles. The van der Waals surface area contributed by atoms with Crippen LogP contribution in [0.4, 0.5) is 0 Å². The number of fused-ring (bicyclic) bond motifs is 8. The van der Waals surface area contributed by atoms with Crippen molar-refractivity contribution in [3.8, 4) is 39.4 Å². The standard InChI is InChI=1S/C40H28BN3O2S/c1-40(2,3)24-17-18-42-37(20-24)44-30-11-6-4-9-25(30)26-21-35-28(22-31(26)44)41-27-19-23(39-43-29-10-5-7-14-36(29)47-39)15-16-32(27)45-33-12-8-13-34(46-35)38(33)41/h4-22H,1-3H3. The summed E-state index contributed by atoms with van der Waals surface area (Å²) in [6.45, 7) is 6.65. The first-order valence-corrected chi connectivity index (χ1v) is 16.7. The quantitative estimate of drug-likeness (QED) is 0.181. The van der Waals surface area contributed by atoms with Gasteiger partial charge < -0.3 is 9.47 Å². The lowest BCUT2D eigenvalue weighted by Gasteiger charge is -2.33. The predicted molar refractivity (Wildman–Crippen MR) is 194 cm³/mol. The van der Waals surface area contributed by atoms with Crippen LogP contribution >= 0.6 is 11.3 Å². The summed E-state index contributed by atoms with van der Waals surface area (Å²) in [5.41, 5.74) is 8.84. The predicted octanol–water partition coefficient (Wildman–Crippen LogP) is 8.48. The van der Waals surface area contributed by atoms with E-state index in [0.29, 0.717) is 0 Å². The van der Waals surface area contributed by atoms with Crippen molar-refractivity contribution in [1.29, 1.82) is 0 Å². The molecule has 3 aromatic heterocycles. The van der Waals surface area contributed by atoms with Gasteiger partial charge in [0.15, 0.2) is 0 Å². The van der Waals surface area contributed by atoms with E-state index >= 15 is 0 Å². The van der Waals surface area contributed by atoms with Crippen molar-refractivity contribution in [1.82, 2.24) is 14.5 Å². The van der Waals surface area contributed by atoms with Gasteiger partial charge in [0.25, 0.3) is 6.71 Å². The van der Waals surface area contributed by atoms with Crippen molar-refractivity contribution < 1.29 is 9.47 Å². The molecule has 0 saturated carbocycles. The number of thiazole rings is 1. The molecule has 0 fully saturated rings. The smallest absolute Gasteiger partial charge is 0.260 e. The second kappa shape index (κ2) is 9.56. The van der Waals surface area contributed by atoms with Crippen molar-refractivity contribution in [3.63, 3.8) is 0 Å². The van der Waals surface area contributed by atoms with Gasteiger partial charge in [0.2, 0.25) is 0 Å². The summed E-state index contributed by atoms with van der Waals surface area (Å²) in [5, 5.41) is 3.31. The third-order valence-electron chi connectivity index (χ3n) is 9.57. The molecule has 0 N–H and O–H groups in total. The number of benzene rings is 5. The summed E-state index contributed by atoms with van der Waals surface area (Å²) >= 11 is 1.72. The van der Waals surface area contributed by atoms with Gasteiger partial charge in [-0.2, -0.15) is 0 Å². The van der Waals surface area contributed by atoms with Crippen molar-refractivity contribution in [2.45, 2.75) is 26.2 Å². The van der Waals surface area contributed by atoms with E-state index < -0.39 is 0 Å². The Balaban J connectivity index is 1.23. The fourth-order valence-corrected chi connectivity index (χ4v) is 8.24. The van der Waals surface area contributed by atoms with Gasteiger partial charge in [-0.25, -0.2) is 9.97 Å². The van der Waals surface area contributed by atoms with Crippen molar-refractivity contribution in [3.05, 3.63) is 121 Å². The van der Waals surface area contributed by atoms with Gasteiger partial charge in [0.05, 0.1) is 21.3 Å². The van der Waals surface area contributed by atoms with Crippen LogP contribution in [0.1, 0.15) is 26.3 Å². The molecule has 0 bridgehead atoms. The summed E-state index contributed by atoms with van der Waals surface area (Å²) in [6, 6.07) is 38.4. The SMILES string of the molecule is CC(C)(C)c1ccnc(-n2c3ccccc3c3cc4c(cc32)B2c3cc(-c5nc6ccccc6s5)ccc3Oc3cccc(c32)O4)c1. The first kappa shape index (κ1) is 26.8. The van der Waals surface area contributed by atoms with Crippen LogP contribution in [-0.4, -0.2) is 21.2 Å². The molecule has 5 aromatic carbocycles. The Kier molecular flexibility index (Phi) is 5.45. The van der Waals surface area contributed by atoms with E-state index in [1.807, 2.05) is 24.4 Å². The normalized spacial score (nSPS) is 13.3. The average Bonchev–Trinajstić information content (AvgIpc) is 3.66. The molecule has 0 spiro atoms. The molecule has 5 heterocycles. The molecule has 8 aromatic rings. The lowest BCUT2D eigenvalue weighted by molar-refractivity contribution is 0.465. The number of para-hydroxylation sites is 2. The van der Waals surface area contributed by atoms with Gasteiger partial charge >= 0.3 is 0 Å². The van der Waals surface area contributed by atoms with Crippen LogP contribution in [0.2, 0.25) is 0 Å². The largest absolute Gasteiger partial charge is 0.458 e. The van der Waals surface area contributed by atoms with E-state index in [0.717, 1.165) is 77.7 Å². The Hall–Kier alpha value is -5.40. The Bertz CT molecular complexity index is 2560. The van der Waals surface area contributed by atoms with E-state index in [9.17, 15) is 0 Å². The number of rotatable bonds is 2. The zero-order valence-corrected chi connectivity index (χ0v) is 26.9. The van der Waals surface area contributed by atoms with Crippen LogP contribution < -0.4 is 25.9 Å². The molecule has 5 nitrogen and oxygen atoms in total. The Morgan fingerprint density at radius 2 is 1.47 bits per heavy atom. The van der Waals surface area contributed by atoms with Crippen LogP contribution in [0.5, 0.6) is 23.0 Å². The maximum atomic E-state index is 6.71. The summed E-state index contributed by atoms with van der Waals surface area (Å²) in [6.07, 6.45) is 1.93. The highest BCUT2D eigenvalue weighted by atomic mass is 32.1. The Morgan fingerprint density at radius 3 is 2.32 bits per heavy atom. The molecule has 0 unspecified atom stereocenters. The highest BCUT2D eigenvalue weighted by Crippen LogP contribution is 2.40. The van der Waals surface area contributed by atoms with E-state index in [1.54, 1.807) is 11.3 Å². The molecule has 2 aliphatic rings. The van der Waals surface area contributed by atoms with Crippen LogP contribution in [0.3, 0.4) is 0 Å². The third-order valence-corrected chi connectivity index (χ3v) is 10.7. The number of aromatic nitrogens is 3. The summed E-state index contributed by atoms with van der Waals surface area (Å²) in [7, 11) is 0. The fourth-order valence-electron chi connectivity index (χ4n) is 7.28. The van der Waals surface area contributed by atoms with Gasteiger partial charge in [-0.1, -0.05) is 63.2 Å². The molecule has 0 radical (unpaired) electrons. The minimum absolute atomic E-state index is 0.00362. The van der Waals surface area contributed by atoms with Gasteiger partial charge in [-0.05, 0) is 88.6 Å². The first-order chi connectivity index (χ1) is 22.9. The molecule has 47 heavy (non-hydrogen) atoms.